The van der Waals surface area contributed by atoms with Gasteiger partial charge in [0.25, 0.3) is 0 Å². The Morgan fingerprint density at radius 1 is 1.07 bits per heavy atom. The summed E-state index contributed by atoms with van der Waals surface area (Å²) in [7, 11) is 3.25. The van der Waals surface area contributed by atoms with Crippen LogP contribution in [0.4, 0.5) is 0 Å². The normalized spacial score (nSPS) is 12.0. The van der Waals surface area contributed by atoms with Gasteiger partial charge in [-0.25, -0.2) is 4.99 Å². The largest absolute Gasteiger partial charge is 0.497 e. The zero-order valence-electron chi connectivity index (χ0n) is 16.9. The lowest BCUT2D eigenvalue weighted by Gasteiger charge is -2.16. The van der Waals surface area contributed by atoms with Crippen LogP contribution in [-0.4, -0.2) is 38.4 Å². The van der Waals surface area contributed by atoms with Gasteiger partial charge in [0, 0.05) is 24.7 Å². The molecule has 0 amide bonds. The molecule has 0 radical (unpaired) electrons. The van der Waals surface area contributed by atoms with Gasteiger partial charge in [0.15, 0.2) is 5.96 Å². The molecule has 7 heteroatoms. The van der Waals surface area contributed by atoms with E-state index in [0.717, 1.165) is 29.2 Å². The fourth-order valence-corrected chi connectivity index (χ4v) is 2.59. The van der Waals surface area contributed by atoms with Crippen LogP contribution in [0.25, 0.3) is 0 Å². The Hall–Kier alpha value is -2.00. The molecule has 0 aromatic heterocycles. The Labute approximate surface area is 184 Å². The summed E-state index contributed by atoms with van der Waals surface area (Å²) in [6.07, 6.45) is -0.607. The zero-order valence-corrected chi connectivity index (χ0v) is 19.2. The Morgan fingerprint density at radius 3 is 2.39 bits per heavy atom. The van der Waals surface area contributed by atoms with E-state index in [1.54, 1.807) is 14.2 Å². The number of aliphatic hydroxyl groups is 1. The van der Waals surface area contributed by atoms with E-state index in [1.165, 1.54) is 5.56 Å². The maximum absolute atomic E-state index is 10.4. The SMILES string of the molecule is CCNC(=NCc1ccc(OC)cc1OC)NCC(O)c1ccc(C)cc1.I. The van der Waals surface area contributed by atoms with Gasteiger partial charge in [-0.2, -0.15) is 0 Å². The second-order valence-electron chi connectivity index (χ2n) is 6.18. The monoisotopic (exact) mass is 499 g/mol. The van der Waals surface area contributed by atoms with Gasteiger partial charge in [0.1, 0.15) is 11.5 Å². The number of hydrogen-bond donors (Lipinski definition) is 3. The summed E-state index contributed by atoms with van der Waals surface area (Å²) in [6, 6.07) is 13.5. The van der Waals surface area contributed by atoms with Crippen LogP contribution in [-0.2, 0) is 6.54 Å². The average molecular weight is 499 g/mol. The number of aliphatic hydroxyl groups excluding tert-OH is 1. The lowest BCUT2D eigenvalue weighted by Crippen LogP contribution is -2.39. The minimum Gasteiger partial charge on any atom is -0.497 e. The quantitative estimate of drug-likeness (QED) is 0.295. The van der Waals surface area contributed by atoms with Gasteiger partial charge in [-0.3, -0.25) is 0 Å². The molecule has 0 aliphatic carbocycles. The smallest absolute Gasteiger partial charge is 0.191 e. The van der Waals surface area contributed by atoms with Crippen LogP contribution in [0.5, 0.6) is 11.5 Å². The number of aliphatic imine (C=N–C) groups is 1. The molecule has 0 heterocycles. The van der Waals surface area contributed by atoms with Crippen LogP contribution in [0.3, 0.4) is 0 Å². The molecule has 0 saturated carbocycles. The Morgan fingerprint density at radius 2 is 1.79 bits per heavy atom. The third-order valence-electron chi connectivity index (χ3n) is 4.17. The summed E-state index contributed by atoms with van der Waals surface area (Å²) in [5, 5.41) is 16.8. The molecule has 28 heavy (non-hydrogen) atoms. The van der Waals surface area contributed by atoms with E-state index in [0.29, 0.717) is 19.0 Å². The molecule has 2 aromatic carbocycles. The van der Waals surface area contributed by atoms with Crippen LogP contribution in [0, 0.1) is 6.92 Å². The van der Waals surface area contributed by atoms with E-state index in [4.69, 9.17) is 9.47 Å². The van der Waals surface area contributed by atoms with Gasteiger partial charge < -0.3 is 25.2 Å². The summed E-state index contributed by atoms with van der Waals surface area (Å²) in [5.74, 6) is 2.11. The molecular formula is C21H30IN3O3. The molecule has 2 aromatic rings. The Balaban J connectivity index is 0.00000392. The van der Waals surface area contributed by atoms with Gasteiger partial charge in [0.05, 0.1) is 26.9 Å². The van der Waals surface area contributed by atoms with Crippen LogP contribution < -0.4 is 20.1 Å². The highest BCUT2D eigenvalue weighted by Gasteiger charge is 2.09. The average Bonchev–Trinajstić information content (AvgIpc) is 2.70. The first-order valence-electron chi connectivity index (χ1n) is 9.05. The lowest BCUT2D eigenvalue weighted by atomic mass is 10.1. The molecule has 0 aliphatic rings. The highest BCUT2D eigenvalue weighted by molar-refractivity contribution is 14.0. The van der Waals surface area contributed by atoms with E-state index < -0.39 is 6.10 Å². The predicted octanol–water partition coefficient (Wildman–Crippen LogP) is 3.42. The second kappa shape index (κ2) is 12.5. The molecule has 154 valence electrons. The number of methoxy groups -OCH3 is 2. The molecule has 0 aliphatic heterocycles. The van der Waals surface area contributed by atoms with Gasteiger partial charge in [-0.05, 0) is 31.5 Å². The molecule has 0 bridgehead atoms. The Bertz CT molecular complexity index is 751. The third kappa shape index (κ3) is 7.20. The van der Waals surface area contributed by atoms with Crippen molar-refractivity contribution in [2.45, 2.75) is 26.5 Å². The summed E-state index contributed by atoms with van der Waals surface area (Å²) < 4.78 is 10.6. The van der Waals surface area contributed by atoms with Crippen LogP contribution in [0.2, 0.25) is 0 Å². The predicted molar refractivity (Wildman–Crippen MR) is 124 cm³/mol. The maximum Gasteiger partial charge on any atom is 0.191 e. The van der Waals surface area contributed by atoms with Crippen molar-refractivity contribution in [1.29, 1.82) is 0 Å². The summed E-state index contributed by atoms with van der Waals surface area (Å²) in [6.45, 7) is 5.57. The van der Waals surface area contributed by atoms with Crippen molar-refractivity contribution in [3.63, 3.8) is 0 Å². The first-order valence-corrected chi connectivity index (χ1v) is 9.05. The summed E-state index contributed by atoms with van der Waals surface area (Å²) in [4.78, 5) is 4.59. The number of rotatable bonds is 8. The molecule has 6 nitrogen and oxygen atoms in total. The van der Waals surface area contributed by atoms with Crippen molar-refractivity contribution in [2.75, 3.05) is 27.3 Å². The number of guanidine groups is 1. The molecule has 0 saturated heterocycles. The van der Waals surface area contributed by atoms with Crippen LogP contribution in [0.1, 0.15) is 29.7 Å². The number of nitrogens with zero attached hydrogens (tertiary/aromatic N) is 1. The molecule has 2 rings (SSSR count). The summed E-state index contributed by atoms with van der Waals surface area (Å²) >= 11 is 0. The van der Waals surface area contributed by atoms with Crippen molar-refractivity contribution in [2.24, 2.45) is 4.99 Å². The van der Waals surface area contributed by atoms with Crippen LogP contribution in [0.15, 0.2) is 47.5 Å². The summed E-state index contributed by atoms with van der Waals surface area (Å²) in [5.41, 5.74) is 3.00. The van der Waals surface area contributed by atoms with Crippen molar-refractivity contribution in [1.82, 2.24) is 10.6 Å². The van der Waals surface area contributed by atoms with E-state index in [9.17, 15) is 5.11 Å². The van der Waals surface area contributed by atoms with Crippen molar-refractivity contribution >= 4 is 29.9 Å². The number of ether oxygens (including phenoxy) is 2. The van der Waals surface area contributed by atoms with Crippen molar-refractivity contribution in [3.05, 3.63) is 59.2 Å². The van der Waals surface area contributed by atoms with Gasteiger partial charge in [-0.1, -0.05) is 29.8 Å². The molecular weight excluding hydrogens is 469 g/mol. The fourth-order valence-electron chi connectivity index (χ4n) is 2.59. The fraction of sp³-hybridized carbons (Fsp3) is 0.381. The van der Waals surface area contributed by atoms with Crippen LogP contribution >= 0.6 is 24.0 Å². The third-order valence-corrected chi connectivity index (χ3v) is 4.17. The van der Waals surface area contributed by atoms with Gasteiger partial charge in [-0.15, -0.1) is 24.0 Å². The number of hydrogen-bond acceptors (Lipinski definition) is 4. The standard InChI is InChI=1S/C21H29N3O3.HI/c1-5-22-21(24-14-19(25)16-8-6-15(2)7-9-16)23-13-17-10-11-18(26-3)12-20(17)27-4;/h6-12,19,25H,5,13-14H2,1-4H3,(H2,22,23,24);1H. The van der Waals surface area contributed by atoms with E-state index in [1.807, 2.05) is 56.3 Å². The maximum atomic E-state index is 10.4. The Kier molecular flexibility index (Phi) is 10.7. The number of aryl methyl sites for hydroxylation is 1. The topological polar surface area (TPSA) is 75.1 Å². The van der Waals surface area contributed by atoms with E-state index in [2.05, 4.69) is 15.6 Å². The van der Waals surface area contributed by atoms with Gasteiger partial charge >= 0.3 is 0 Å². The van der Waals surface area contributed by atoms with E-state index >= 15 is 0 Å². The minimum absolute atomic E-state index is 0. The number of nitrogens with one attached hydrogen (secondary N) is 2. The molecule has 1 atom stereocenters. The molecule has 3 N–H and O–H groups in total. The van der Waals surface area contributed by atoms with Gasteiger partial charge in [0.2, 0.25) is 0 Å². The van der Waals surface area contributed by atoms with Crippen molar-refractivity contribution in [3.8, 4) is 11.5 Å². The second-order valence-corrected chi connectivity index (χ2v) is 6.18. The highest BCUT2D eigenvalue weighted by Crippen LogP contribution is 2.25. The van der Waals surface area contributed by atoms with E-state index in [-0.39, 0.29) is 24.0 Å². The zero-order chi connectivity index (χ0) is 19.6. The van der Waals surface area contributed by atoms with Crippen molar-refractivity contribution < 1.29 is 14.6 Å². The first-order chi connectivity index (χ1) is 13.1. The molecule has 0 spiro atoms. The number of benzene rings is 2. The minimum atomic E-state index is -0.607. The lowest BCUT2D eigenvalue weighted by molar-refractivity contribution is 0.181. The first kappa shape index (κ1) is 24.0. The molecule has 0 fully saturated rings. The number of halogens is 1. The highest BCUT2D eigenvalue weighted by atomic mass is 127. The molecule has 1 unspecified atom stereocenters.